The van der Waals surface area contributed by atoms with Gasteiger partial charge in [-0.15, -0.1) is 0 Å². The largest absolute Gasteiger partial charge is 0.550 e. The molecule has 4 aromatic rings. The first-order valence-corrected chi connectivity index (χ1v) is 8.62. The van der Waals surface area contributed by atoms with Gasteiger partial charge in [0, 0.05) is 28.9 Å². The van der Waals surface area contributed by atoms with E-state index in [0.29, 0.717) is 22.1 Å². The van der Waals surface area contributed by atoms with Crippen LogP contribution in [-0.2, 0) is 11.2 Å². The monoisotopic (exact) mass is 361 g/mol. The summed E-state index contributed by atoms with van der Waals surface area (Å²) in [5, 5.41) is 12.6. The Balaban J connectivity index is 2.16. The van der Waals surface area contributed by atoms with E-state index in [-0.39, 0.29) is 5.56 Å². The summed E-state index contributed by atoms with van der Waals surface area (Å²) in [4.78, 5) is 23.3. The molecule has 5 heteroatoms. The SMILES string of the molecule is Cc1oc2c(c(C)cc3oc(=O)c(CC(=O)[O-])c(C)c32)c1-c1ccccc1. The van der Waals surface area contributed by atoms with Gasteiger partial charge in [0.25, 0.3) is 0 Å². The summed E-state index contributed by atoms with van der Waals surface area (Å²) >= 11 is 0. The van der Waals surface area contributed by atoms with Crippen molar-refractivity contribution in [2.75, 3.05) is 0 Å². The number of carboxylic acid groups (broad SMARTS) is 1. The van der Waals surface area contributed by atoms with Gasteiger partial charge >= 0.3 is 5.63 Å². The van der Waals surface area contributed by atoms with Crippen LogP contribution in [0.4, 0.5) is 0 Å². The molecule has 0 saturated heterocycles. The van der Waals surface area contributed by atoms with E-state index in [9.17, 15) is 14.7 Å². The van der Waals surface area contributed by atoms with E-state index in [2.05, 4.69) is 0 Å². The van der Waals surface area contributed by atoms with Gasteiger partial charge in [-0.1, -0.05) is 30.3 Å². The van der Waals surface area contributed by atoms with E-state index in [1.54, 1.807) is 13.0 Å². The van der Waals surface area contributed by atoms with E-state index in [1.165, 1.54) is 0 Å². The van der Waals surface area contributed by atoms with E-state index in [0.717, 1.165) is 27.8 Å². The highest BCUT2D eigenvalue weighted by Gasteiger charge is 2.21. The van der Waals surface area contributed by atoms with Gasteiger partial charge in [0.2, 0.25) is 0 Å². The molecule has 0 unspecified atom stereocenters. The van der Waals surface area contributed by atoms with Crippen LogP contribution < -0.4 is 10.7 Å². The predicted molar refractivity (Wildman–Crippen MR) is 101 cm³/mol. The summed E-state index contributed by atoms with van der Waals surface area (Å²) in [7, 11) is 0. The topological polar surface area (TPSA) is 83.5 Å². The number of hydrogen-bond donors (Lipinski definition) is 0. The van der Waals surface area contributed by atoms with Gasteiger partial charge in [-0.3, -0.25) is 0 Å². The average Bonchev–Trinajstić information content (AvgIpc) is 2.96. The maximum atomic E-state index is 12.2. The van der Waals surface area contributed by atoms with Gasteiger partial charge < -0.3 is 18.7 Å². The van der Waals surface area contributed by atoms with Crippen LogP contribution in [0.2, 0.25) is 0 Å². The quantitative estimate of drug-likeness (QED) is 0.522. The standard InChI is InChI=1S/C22H18O5/c1-11-9-16-19(12(2)15(10-17(23)24)22(25)27-16)21-18(11)20(13(3)26-21)14-7-5-4-6-8-14/h4-9H,10H2,1-3H3,(H,23,24)/p-1. The third kappa shape index (κ3) is 2.63. The van der Waals surface area contributed by atoms with Crippen molar-refractivity contribution >= 4 is 27.9 Å². The second-order valence-corrected chi connectivity index (χ2v) is 6.71. The smallest absolute Gasteiger partial charge is 0.340 e. The maximum Gasteiger partial charge on any atom is 0.340 e. The molecule has 2 heterocycles. The Labute approximate surface area is 154 Å². The average molecular weight is 361 g/mol. The van der Waals surface area contributed by atoms with Gasteiger partial charge in [-0.2, -0.15) is 0 Å². The van der Waals surface area contributed by atoms with E-state index in [1.807, 2.05) is 44.2 Å². The van der Waals surface area contributed by atoms with E-state index < -0.39 is 18.0 Å². The minimum absolute atomic E-state index is 0.0861. The first-order chi connectivity index (χ1) is 12.9. The number of aryl methyl sites for hydroxylation is 3. The molecule has 0 spiro atoms. The lowest BCUT2D eigenvalue weighted by atomic mass is 9.95. The Morgan fingerprint density at radius 1 is 1.04 bits per heavy atom. The summed E-state index contributed by atoms with van der Waals surface area (Å²) in [6.07, 6.45) is -0.495. The molecule has 0 fully saturated rings. The molecular weight excluding hydrogens is 344 g/mol. The van der Waals surface area contributed by atoms with Crippen molar-refractivity contribution < 1.29 is 18.7 Å². The number of carbonyl (C=O) groups is 1. The first kappa shape index (κ1) is 17.1. The van der Waals surface area contributed by atoms with Crippen LogP contribution in [0.15, 0.2) is 50.0 Å². The zero-order valence-corrected chi connectivity index (χ0v) is 15.2. The van der Waals surface area contributed by atoms with Crippen molar-refractivity contribution in [2.45, 2.75) is 27.2 Å². The lowest BCUT2D eigenvalue weighted by Crippen LogP contribution is -2.27. The fourth-order valence-corrected chi connectivity index (χ4v) is 3.75. The molecule has 0 N–H and O–H groups in total. The molecule has 5 nitrogen and oxygen atoms in total. The molecule has 0 saturated carbocycles. The fraction of sp³-hybridized carbons (Fsp3) is 0.182. The van der Waals surface area contributed by atoms with Crippen LogP contribution in [0, 0.1) is 20.8 Å². The molecule has 0 bridgehead atoms. The molecule has 4 rings (SSSR count). The Kier molecular flexibility index (Phi) is 3.88. The highest BCUT2D eigenvalue weighted by Crippen LogP contribution is 2.41. The predicted octanol–water partition coefficient (Wildman–Crippen LogP) is 3.42. The molecule has 0 atom stereocenters. The Morgan fingerprint density at radius 3 is 2.41 bits per heavy atom. The Bertz CT molecular complexity index is 1260. The zero-order chi connectivity index (χ0) is 19.3. The van der Waals surface area contributed by atoms with Crippen LogP contribution in [0.1, 0.15) is 22.5 Å². The van der Waals surface area contributed by atoms with Crippen molar-refractivity contribution in [1.29, 1.82) is 0 Å². The van der Waals surface area contributed by atoms with Crippen LogP contribution >= 0.6 is 0 Å². The number of hydrogen-bond acceptors (Lipinski definition) is 5. The summed E-state index contributed by atoms with van der Waals surface area (Å²) < 4.78 is 11.5. The molecule has 0 radical (unpaired) electrons. The molecule has 0 aliphatic rings. The van der Waals surface area contributed by atoms with Gasteiger partial charge in [0.05, 0.1) is 5.39 Å². The highest BCUT2D eigenvalue weighted by molar-refractivity contribution is 6.11. The molecular formula is C22H17O5-. The number of aliphatic carboxylic acids is 1. The maximum absolute atomic E-state index is 12.2. The molecule has 0 amide bonds. The van der Waals surface area contributed by atoms with Crippen LogP contribution in [0.25, 0.3) is 33.1 Å². The van der Waals surface area contributed by atoms with Gasteiger partial charge in [0.15, 0.2) is 0 Å². The summed E-state index contributed by atoms with van der Waals surface area (Å²) in [5.74, 6) is -0.576. The number of fused-ring (bicyclic) bond motifs is 3. The molecule has 0 aliphatic heterocycles. The number of benzene rings is 2. The molecule has 2 aromatic carbocycles. The minimum Gasteiger partial charge on any atom is -0.550 e. The zero-order valence-electron chi connectivity index (χ0n) is 15.2. The van der Waals surface area contributed by atoms with Gasteiger partial charge in [-0.05, 0) is 43.5 Å². The number of rotatable bonds is 3. The molecule has 136 valence electrons. The normalized spacial score (nSPS) is 11.4. The van der Waals surface area contributed by atoms with Crippen LogP contribution in [0.3, 0.4) is 0 Å². The number of furan rings is 1. The van der Waals surface area contributed by atoms with Crippen molar-refractivity contribution in [1.82, 2.24) is 0 Å². The fourth-order valence-electron chi connectivity index (χ4n) is 3.75. The van der Waals surface area contributed by atoms with Crippen molar-refractivity contribution in [2.24, 2.45) is 0 Å². The van der Waals surface area contributed by atoms with Crippen molar-refractivity contribution in [3.8, 4) is 11.1 Å². The van der Waals surface area contributed by atoms with Crippen LogP contribution in [0.5, 0.6) is 0 Å². The Hall–Kier alpha value is -3.34. The lowest BCUT2D eigenvalue weighted by molar-refractivity contribution is -0.304. The van der Waals surface area contributed by atoms with Crippen molar-refractivity contribution in [3.63, 3.8) is 0 Å². The van der Waals surface area contributed by atoms with Crippen LogP contribution in [-0.4, -0.2) is 5.97 Å². The number of carboxylic acids is 1. The summed E-state index contributed by atoms with van der Waals surface area (Å²) in [6, 6.07) is 11.7. The first-order valence-electron chi connectivity index (χ1n) is 8.62. The second-order valence-electron chi connectivity index (χ2n) is 6.71. The molecule has 2 aromatic heterocycles. The third-order valence-electron chi connectivity index (χ3n) is 4.96. The number of carbonyl (C=O) groups excluding carboxylic acids is 1. The minimum atomic E-state index is -1.33. The van der Waals surface area contributed by atoms with Gasteiger partial charge in [0.1, 0.15) is 16.9 Å². The Morgan fingerprint density at radius 2 is 1.74 bits per heavy atom. The summed E-state index contributed by atoms with van der Waals surface area (Å²) in [6.45, 7) is 5.55. The molecule has 0 aliphatic carbocycles. The summed E-state index contributed by atoms with van der Waals surface area (Å²) in [5.41, 5.74) is 3.89. The highest BCUT2D eigenvalue weighted by atomic mass is 16.4. The van der Waals surface area contributed by atoms with Gasteiger partial charge in [-0.25, -0.2) is 4.79 Å². The van der Waals surface area contributed by atoms with E-state index in [4.69, 9.17) is 8.83 Å². The third-order valence-corrected chi connectivity index (χ3v) is 4.96. The second kappa shape index (κ2) is 6.13. The van der Waals surface area contributed by atoms with E-state index >= 15 is 0 Å². The molecule has 27 heavy (non-hydrogen) atoms. The lowest BCUT2D eigenvalue weighted by Gasteiger charge is -2.10. The van der Waals surface area contributed by atoms with Crippen molar-refractivity contribution in [3.05, 3.63) is 69.3 Å².